The molecule has 0 aliphatic carbocycles. The van der Waals surface area contributed by atoms with E-state index >= 15 is 0 Å². The number of hydrogen-bond acceptors (Lipinski definition) is 4. The van der Waals surface area contributed by atoms with Crippen LogP contribution in [0.15, 0.2) is 43.0 Å². The van der Waals surface area contributed by atoms with Crippen molar-refractivity contribution >= 4 is 17.6 Å². The number of hydrogen-bond donors (Lipinski definition) is 1. The van der Waals surface area contributed by atoms with E-state index in [2.05, 4.69) is 10.1 Å². The molecule has 1 amide bonds. The molecule has 104 valence electrons. The van der Waals surface area contributed by atoms with Crippen LogP contribution in [0.4, 0.5) is 5.69 Å². The van der Waals surface area contributed by atoms with E-state index in [0.717, 1.165) is 0 Å². The summed E-state index contributed by atoms with van der Waals surface area (Å²) in [5.41, 5.74) is 0.534. The van der Waals surface area contributed by atoms with Crippen molar-refractivity contribution in [3.8, 4) is 0 Å². The van der Waals surface area contributed by atoms with Gasteiger partial charge >= 0.3 is 5.97 Å². The van der Waals surface area contributed by atoms with Gasteiger partial charge in [0.05, 0.1) is 0 Å². The molecular formula is C13H14N4O3. The third-order valence-electron chi connectivity index (χ3n) is 2.82. The minimum atomic E-state index is -1.08. The smallest absolute Gasteiger partial charge is 0.323 e. The maximum atomic E-state index is 12.5. The summed E-state index contributed by atoms with van der Waals surface area (Å²) in [5, 5.41) is 12.9. The van der Waals surface area contributed by atoms with E-state index in [0.29, 0.717) is 5.69 Å². The first-order chi connectivity index (χ1) is 9.59. The summed E-state index contributed by atoms with van der Waals surface area (Å²) in [6.45, 7) is 1.25. The standard InChI is InChI=1S/C13H14N4O3/c1-10(17-9-14-8-15-17)13(20)16(7-12(18)19)11-5-3-2-4-6-11/h2-6,8-10H,7H2,1H3,(H,18,19). The molecule has 1 aromatic heterocycles. The lowest BCUT2D eigenvalue weighted by atomic mass is 10.2. The van der Waals surface area contributed by atoms with Gasteiger partial charge in [-0.25, -0.2) is 9.67 Å². The van der Waals surface area contributed by atoms with Crippen molar-refractivity contribution < 1.29 is 14.7 Å². The Bertz CT molecular complexity index is 583. The summed E-state index contributed by atoms with van der Waals surface area (Å²) in [4.78, 5) is 28.4. The highest BCUT2D eigenvalue weighted by Gasteiger charge is 2.25. The van der Waals surface area contributed by atoms with Gasteiger partial charge in [-0.15, -0.1) is 0 Å². The molecule has 2 rings (SSSR count). The maximum Gasteiger partial charge on any atom is 0.323 e. The van der Waals surface area contributed by atoms with Crippen LogP contribution in [0.2, 0.25) is 0 Å². The molecule has 1 heterocycles. The lowest BCUT2D eigenvalue weighted by Crippen LogP contribution is -2.40. The summed E-state index contributed by atoms with van der Waals surface area (Å²) in [5.74, 6) is -1.43. The fourth-order valence-corrected chi connectivity index (χ4v) is 1.80. The molecule has 1 N–H and O–H groups in total. The predicted molar refractivity (Wildman–Crippen MR) is 71.2 cm³/mol. The zero-order chi connectivity index (χ0) is 14.5. The van der Waals surface area contributed by atoms with Crippen LogP contribution in [0.5, 0.6) is 0 Å². The number of carbonyl (C=O) groups excluding carboxylic acids is 1. The number of para-hydroxylation sites is 1. The van der Waals surface area contributed by atoms with Crippen molar-refractivity contribution in [2.75, 3.05) is 11.4 Å². The number of carbonyl (C=O) groups is 2. The van der Waals surface area contributed by atoms with Gasteiger partial charge in [0.2, 0.25) is 0 Å². The average Bonchev–Trinajstić information content (AvgIpc) is 2.98. The van der Waals surface area contributed by atoms with Gasteiger partial charge < -0.3 is 5.11 Å². The molecule has 0 aliphatic rings. The van der Waals surface area contributed by atoms with Gasteiger partial charge in [0.15, 0.2) is 0 Å². The van der Waals surface area contributed by atoms with E-state index in [4.69, 9.17) is 5.11 Å². The van der Waals surface area contributed by atoms with Gasteiger partial charge in [-0.3, -0.25) is 14.5 Å². The Kier molecular flexibility index (Phi) is 4.09. The number of carboxylic acids is 1. The van der Waals surface area contributed by atoms with Gasteiger partial charge in [-0.1, -0.05) is 18.2 Å². The molecule has 0 saturated carbocycles. The first kappa shape index (κ1) is 13.7. The molecule has 2 aromatic rings. The molecule has 0 aliphatic heterocycles. The van der Waals surface area contributed by atoms with Crippen LogP contribution in [0.1, 0.15) is 13.0 Å². The summed E-state index contributed by atoms with van der Waals surface area (Å²) in [7, 11) is 0. The molecule has 0 radical (unpaired) electrons. The average molecular weight is 274 g/mol. The monoisotopic (exact) mass is 274 g/mol. The van der Waals surface area contributed by atoms with Crippen LogP contribution < -0.4 is 4.90 Å². The molecule has 0 saturated heterocycles. The second-order valence-electron chi connectivity index (χ2n) is 4.21. The first-order valence-corrected chi connectivity index (χ1v) is 6.02. The zero-order valence-electron chi connectivity index (χ0n) is 10.9. The molecule has 20 heavy (non-hydrogen) atoms. The quantitative estimate of drug-likeness (QED) is 0.877. The fourth-order valence-electron chi connectivity index (χ4n) is 1.80. The summed E-state index contributed by atoms with van der Waals surface area (Å²) >= 11 is 0. The highest BCUT2D eigenvalue weighted by Crippen LogP contribution is 2.17. The molecule has 7 heteroatoms. The number of benzene rings is 1. The van der Waals surface area contributed by atoms with Gasteiger partial charge in [0, 0.05) is 5.69 Å². The minimum absolute atomic E-state index is 0.357. The van der Waals surface area contributed by atoms with E-state index < -0.39 is 18.6 Å². The number of amides is 1. The Morgan fingerprint density at radius 3 is 2.60 bits per heavy atom. The van der Waals surface area contributed by atoms with Crippen LogP contribution in [-0.4, -0.2) is 38.3 Å². The molecule has 0 spiro atoms. The highest BCUT2D eigenvalue weighted by molar-refractivity contribution is 5.99. The van der Waals surface area contributed by atoms with Crippen molar-refractivity contribution in [2.45, 2.75) is 13.0 Å². The van der Waals surface area contributed by atoms with Crippen molar-refractivity contribution in [3.63, 3.8) is 0 Å². The van der Waals surface area contributed by atoms with E-state index in [1.54, 1.807) is 37.3 Å². The number of rotatable bonds is 5. The first-order valence-electron chi connectivity index (χ1n) is 6.02. The molecule has 1 aromatic carbocycles. The SMILES string of the molecule is CC(C(=O)N(CC(=O)O)c1ccccc1)n1cncn1. The largest absolute Gasteiger partial charge is 0.480 e. The van der Waals surface area contributed by atoms with Gasteiger partial charge in [-0.05, 0) is 19.1 Å². The second-order valence-corrected chi connectivity index (χ2v) is 4.21. The topological polar surface area (TPSA) is 88.3 Å². The van der Waals surface area contributed by atoms with E-state index in [1.807, 2.05) is 0 Å². The zero-order valence-corrected chi connectivity index (χ0v) is 10.9. The number of nitrogens with zero attached hydrogens (tertiary/aromatic N) is 4. The van der Waals surface area contributed by atoms with Gasteiger partial charge in [0.25, 0.3) is 5.91 Å². The summed E-state index contributed by atoms with van der Waals surface area (Å²) < 4.78 is 1.39. The van der Waals surface area contributed by atoms with Crippen LogP contribution in [0.3, 0.4) is 0 Å². The van der Waals surface area contributed by atoms with E-state index in [9.17, 15) is 9.59 Å². The Morgan fingerprint density at radius 2 is 2.05 bits per heavy atom. The number of carboxylic acid groups (broad SMARTS) is 1. The van der Waals surface area contributed by atoms with Crippen molar-refractivity contribution in [1.82, 2.24) is 14.8 Å². The summed E-state index contributed by atoms with van der Waals surface area (Å²) in [6, 6.07) is 8.05. The third-order valence-corrected chi connectivity index (χ3v) is 2.82. The minimum Gasteiger partial charge on any atom is -0.480 e. The van der Waals surface area contributed by atoms with E-state index in [1.165, 1.54) is 22.2 Å². The number of aromatic nitrogens is 3. The van der Waals surface area contributed by atoms with Crippen molar-refractivity contribution in [3.05, 3.63) is 43.0 Å². The van der Waals surface area contributed by atoms with Crippen molar-refractivity contribution in [1.29, 1.82) is 0 Å². The van der Waals surface area contributed by atoms with Crippen LogP contribution >= 0.6 is 0 Å². The lowest BCUT2D eigenvalue weighted by molar-refractivity contribution is -0.137. The molecule has 7 nitrogen and oxygen atoms in total. The molecule has 0 bridgehead atoms. The van der Waals surface area contributed by atoms with Crippen LogP contribution in [0.25, 0.3) is 0 Å². The number of anilines is 1. The molecule has 1 unspecified atom stereocenters. The molecule has 1 atom stereocenters. The number of aliphatic carboxylic acids is 1. The third kappa shape index (κ3) is 3.00. The van der Waals surface area contributed by atoms with E-state index in [-0.39, 0.29) is 5.91 Å². The predicted octanol–water partition coefficient (Wildman–Crippen LogP) is 0.957. The van der Waals surface area contributed by atoms with Crippen LogP contribution in [0, 0.1) is 0 Å². The van der Waals surface area contributed by atoms with Gasteiger partial charge in [-0.2, -0.15) is 5.10 Å². The van der Waals surface area contributed by atoms with Crippen molar-refractivity contribution in [2.24, 2.45) is 0 Å². The lowest BCUT2D eigenvalue weighted by Gasteiger charge is -2.24. The molecular weight excluding hydrogens is 260 g/mol. The normalized spacial score (nSPS) is 11.8. The van der Waals surface area contributed by atoms with Gasteiger partial charge in [0.1, 0.15) is 25.2 Å². The Labute approximate surface area is 115 Å². The Morgan fingerprint density at radius 1 is 1.35 bits per heavy atom. The Balaban J connectivity index is 2.27. The van der Waals surface area contributed by atoms with Crippen LogP contribution in [-0.2, 0) is 9.59 Å². The maximum absolute atomic E-state index is 12.5. The highest BCUT2D eigenvalue weighted by atomic mass is 16.4. The Hall–Kier alpha value is -2.70. The second kappa shape index (κ2) is 5.96. The summed E-state index contributed by atoms with van der Waals surface area (Å²) in [6.07, 6.45) is 2.75. The fraction of sp³-hybridized carbons (Fsp3) is 0.231. The molecule has 0 fully saturated rings.